The summed E-state index contributed by atoms with van der Waals surface area (Å²) in [5.41, 5.74) is 2.49. The molecule has 0 aliphatic heterocycles. The molecular formula is C11H13N3O. The van der Waals surface area contributed by atoms with Crippen LogP contribution in [-0.4, -0.2) is 19.9 Å². The summed E-state index contributed by atoms with van der Waals surface area (Å²) in [5, 5.41) is 14.1. The third-order valence-corrected chi connectivity index (χ3v) is 2.39. The molecule has 0 bridgehead atoms. The van der Waals surface area contributed by atoms with Gasteiger partial charge in [-0.2, -0.15) is 5.10 Å². The first-order valence-electron chi connectivity index (χ1n) is 4.77. The van der Waals surface area contributed by atoms with Crippen LogP contribution in [-0.2, 0) is 7.05 Å². The molecule has 2 rings (SSSR count). The molecule has 0 fully saturated rings. The lowest BCUT2D eigenvalue weighted by Crippen LogP contribution is -2.06. The molecule has 1 N–H and O–H groups in total. The lowest BCUT2D eigenvalue weighted by molar-refractivity contribution is 0.209. The Morgan fingerprint density at radius 1 is 1.33 bits per heavy atom. The van der Waals surface area contributed by atoms with E-state index >= 15 is 0 Å². The Kier molecular flexibility index (Phi) is 2.51. The van der Waals surface area contributed by atoms with Crippen molar-refractivity contribution >= 4 is 0 Å². The van der Waals surface area contributed by atoms with E-state index in [1.54, 1.807) is 30.2 Å². The van der Waals surface area contributed by atoms with Crippen molar-refractivity contribution in [3.05, 3.63) is 47.5 Å². The fourth-order valence-corrected chi connectivity index (χ4v) is 1.46. The van der Waals surface area contributed by atoms with E-state index in [0.717, 1.165) is 17.0 Å². The maximum atomic E-state index is 10.1. The van der Waals surface area contributed by atoms with Gasteiger partial charge in [0.15, 0.2) is 0 Å². The molecule has 2 aromatic rings. The first-order valence-corrected chi connectivity index (χ1v) is 4.77. The van der Waals surface area contributed by atoms with E-state index in [2.05, 4.69) is 10.1 Å². The maximum Gasteiger partial charge on any atom is 0.122 e. The van der Waals surface area contributed by atoms with Crippen LogP contribution in [0.15, 0.2) is 30.6 Å². The van der Waals surface area contributed by atoms with Crippen LogP contribution in [0.5, 0.6) is 0 Å². The largest absolute Gasteiger partial charge is 0.382 e. The number of aryl methyl sites for hydroxylation is 2. The second kappa shape index (κ2) is 3.82. The molecule has 1 atom stereocenters. The van der Waals surface area contributed by atoms with Crippen molar-refractivity contribution in [3.8, 4) is 0 Å². The lowest BCUT2D eigenvalue weighted by atomic mass is 10.1. The highest BCUT2D eigenvalue weighted by Gasteiger charge is 2.13. The molecule has 1 unspecified atom stereocenters. The first-order chi connectivity index (χ1) is 7.18. The lowest BCUT2D eigenvalue weighted by Gasteiger charge is -2.10. The van der Waals surface area contributed by atoms with Gasteiger partial charge in [0.05, 0.1) is 5.69 Å². The fraction of sp³-hybridized carbons (Fsp3) is 0.273. The highest BCUT2D eigenvalue weighted by atomic mass is 16.3. The van der Waals surface area contributed by atoms with Gasteiger partial charge in [-0.25, -0.2) is 0 Å². The number of nitrogens with zero attached hydrogens (tertiary/aromatic N) is 3. The molecule has 0 amide bonds. The fourth-order valence-electron chi connectivity index (χ4n) is 1.46. The number of hydrogen-bond acceptors (Lipinski definition) is 3. The summed E-state index contributed by atoms with van der Waals surface area (Å²) in [6.45, 7) is 1.92. The van der Waals surface area contributed by atoms with Crippen molar-refractivity contribution in [2.24, 2.45) is 7.05 Å². The second-order valence-corrected chi connectivity index (χ2v) is 3.52. The molecule has 15 heavy (non-hydrogen) atoms. The zero-order valence-corrected chi connectivity index (χ0v) is 8.75. The minimum Gasteiger partial charge on any atom is -0.382 e. The van der Waals surface area contributed by atoms with Crippen LogP contribution >= 0.6 is 0 Å². The average Bonchev–Trinajstić information content (AvgIpc) is 2.65. The van der Waals surface area contributed by atoms with E-state index in [-0.39, 0.29) is 0 Å². The molecule has 2 heterocycles. The smallest absolute Gasteiger partial charge is 0.122 e. The predicted molar refractivity (Wildman–Crippen MR) is 56.2 cm³/mol. The van der Waals surface area contributed by atoms with Gasteiger partial charge in [0.1, 0.15) is 6.10 Å². The number of aromatic nitrogens is 3. The number of rotatable bonds is 2. The highest BCUT2D eigenvalue weighted by Crippen LogP contribution is 2.20. The minimum atomic E-state index is -0.661. The molecule has 0 aliphatic rings. The molecule has 0 aliphatic carbocycles. The molecule has 0 saturated heterocycles. The SMILES string of the molecule is Cc1ccc(C(O)c2ccnn2C)cn1. The van der Waals surface area contributed by atoms with E-state index in [4.69, 9.17) is 0 Å². The summed E-state index contributed by atoms with van der Waals surface area (Å²) in [6, 6.07) is 5.56. The summed E-state index contributed by atoms with van der Waals surface area (Å²) >= 11 is 0. The van der Waals surface area contributed by atoms with Gasteiger partial charge in [0, 0.05) is 30.7 Å². The molecule has 78 valence electrons. The molecule has 0 aromatic carbocycles. The Morgan fingerprint density at radius 3 is 2.67 bits per heavy atom. The van der Waals surface area contributed by atoms with Crippen molar-refractivity contribution < 1.29 is 5.11 Å². The zero-order chi connectivity index (χ0) is 10.8. The Labute approximate surface area is 88.2 Å². The summed E-state index contributed by atoms with van der Waals surface area (Å²) in [7, 11) is 1.81. The van der Waals surface area contributed by atoms with Crippen LogP contribution in [0.3, 0.4) is 0 Å². The molecule has 0 radical (unpaired) electrons. The normalized spacial score (nSPS) is 12.7. The van der Waals surface area contributed by atoms with Crippen molar-refractivity contribution in [1.29, 1.82) is 0 Å². The van der Waals surface area contributed by atoms with Gasteiger partial charge < -0.3 is 5.11 Å². The topological polar surface area (TPSA) is 50.9 Å². The summed E-state index contributed by atoms with van der Waals surface area (Å²) in [4.78, 5) is 4.15. The Morgan fingerprint density at radius 2 is 2.13 bits per heavy atom. The first kappa shape index (κ1) is 9.86. The third kappa shape index (κ3) is 1.89. The van der Waals surface area contributed by atoms with E-state index in [0.29, 0.717) is 0 Å². The van der Waals surface area contributed by atoms with E-state index < -0.39 is 6.10 Å². The van der Waals surface area contributed by atoms with E-state index in [1.165, 1.54) is 0 Å². The Bertz CT molecular complexity index is 447. The van der Waals surface area contributed by atoms with Gasteiger partial charge in [-0.15, -0.1) is 0 Å². The van der Waals surface area contributed by atoms with Crippen LogP contribution in [0, 0.1) is 6.92 Å². The molecule has 4 heteroatoms. The summed E-state index contributed by atoms with van der Waals surface area (Å²) in [6.07, 6.45) is 2.69. The summed E-state index contributed by atoms with van der Waals surface area (Å²) in [5.74, 6) is 0. The molecule has 2 aromatic heterocycles. The second-order valence-electron chi connectivity index (χ2n) is 3.52. The van der Waals surface area contributed by atoms with Crippen LogP contribution in [0.25, 0.3) is 0 Å². The number of pyridine rings is 1. The predicted octanol–water partition coefficient (Wildman–Crippen LogP) is 1.21. The number of hydrogen-bond donors (Lipinski definition) is 1. The van der Waals surface area contributed by atoms with Crippen LogP contribution in [0.2, 0.25) is 0 Å². The van der Waals surface area contributed by atoms with Gasteiger partial charge in [-0.05, 0) is 19.1 Å². The van der Waals surface area contributed by atoms with Crippen LogP contribution < -0.4 is 0 Å². The monoisotopic (exact) mass is 203 g/mol. The standard InChI is InChI=1S/C11H13N3O/c1-8-3-4-9(7-12-8)11(15)10-5-6-13-14(10)2/h3-7,11,15H,1-2H3. The molecule has 4 nitrogen and oxygen atoms in total. The van der Waals surface area contributed by atoms with Gasteiger partial charge in [0.2, 0.25) is 0 Å². The Hall–Kier alpha value is -1.68. The Balaban J connectivity index is 2.32. The van der Waals surface area contributed by atoms with Gasteiger partial charge in [0.25, 0.3) is 0 Å². The average molecular weight is 203 g/mol. The van der Waals surface area contributed by atoms with E-state index in [9.17, 15) is 5.11 Å². The van der Waals surface area contributed by atoms with Crippen molar-refractivity contribution in [2.45, 2.75) is 13.0 Å². The number of aliphatic hydroxyl groups is 1. The zero-order valence-electron chi connectivity index (χ0n) is 8.75. The maximum absolute atomic E-state index is 10.1. The van der Waals surface area contributed by atoms with Crippen LogP contribution in [0.1, 0.15) is 23.1 Å². The highest BCUT2D eigenvalue weighted by molar-refractivity contribution is 5.23. The van der Waals surface area contributed by atoms with Gasteiger partial charge in [-0.3, -0.25) is 9.67 Å². The van der Waals surface area contributed by atoms with Gasteiger partial charge in [-0.1, -0.05) is 6.07 Å². The van der Waals surface area contributed by atoms with Crippen molar-refractivity contribution in [2.75, 3.05) is 0 Å². The van der Waals surface area contributed by atoms with Gasteiger partial charge >= 0.3 is 0 Å². The molecule has 0 spiro atoms. The van der Waals surface area contributed by atoms with Crippen LogP contribution in [0.4, 0.5) is 0 Å². The molecule has 0 saturated carbocycles. The molecular weight excluding hydrogens is 190 g/mol. The quantitative estimate of drug-likeness (QED) is 0.798. The third-order valence-electron chi connectivity index (χ3n) is 2.39. The summed E-state index contributed by atoms with van der Waals surface area (Å²) < 4.78 is 1.66. The van der Waals surface area contributed by atoms with E-state index in [1.807, 2.05) is 19.1 Å². The number of aliphatic hydroxyl groups excluding tert-OH is 1. The van der Waals surface area contributed by atoms with Crippen molar-refractivity contribution in [1.82, 2.24) is 14.8 Å². The minimum absolute atomic E-state index is 0.661. The van der Waals surface area contributed by atoms with Crippen molar-refractivity contribution in [3.63, 3.8) is 0 Å².